The number of sulfonamides is 1. The van der Waals surface area contributed by atoms with Gasteiger partial charge in [-0.05, 0) is 44.0 Å². The van der Waals surface area contributed by atoms with E-state index < -0.39 is 10.0 Å². The van der Waals surface area contributed by atoms with E-state index in [4.69, 9.17) is 21.3 Å². The van der Waals surface area contributed by atoms with Crippen LogP contribution in [0.15, 0.2) is 42.7 Å². The number of anilines is 3. The third-order valence-electron chi connectivity index (χ3n) is 7.01. The lowest BCUT2D eigenvalue weighted by Gasteiger charge is -2.41. The Labute approximate surface area is 232 Å². The molecule has 0 bridgehead atoms. The number of benzene rings is 1. The molecule has 0 unspecified atom stereocenters. The van der Waals surface area contributed by atoms with Crippen LogP contribution in [-0.2, 0) is 23.1 Å². The molecule has 3 aromatic rings. The lowest BCUT2D eigenvalue weighted by Crippen LogP contribution is -2.50. The highest BCUT2D eigenvalue weighted by Gasteiger charge is 2.35. The average molecular weight is 572 g/mol. The van der Waals surface area contributed by atoms with Crippen molar-refractivity contribution in [2.75, 3.05) is 29.9 Å². The molecule has 11 nitrogen and oxygen atoms in total. The first-order valence-electron chi connectivity index (χ1n) is 12.5. The molecule has 1 aromatic carbocycles. The summed E-state index contributed by atoms with van der Waals surface area (Å²) >= 11 is 6.12. The fourth-order valence-corrected chi connectivity index (χ4v) is 5.81. The number of piperidine rings is 1. The van der Waals surface area contributed by atoms with Crippen LogP contribution in [0.4, 0.5) is 17.5 Å². The van der Waals surface area contributed by atoms with E-state index in [0.29, 0.717) is 41.4 Å². The number of carbonyl (C=O) groups is 1. The highest BCUT2D eigenvalue weighted by molar-refractivity contribution is 7.92. The van der Waals surface area contributed by atoms with Crippen LogP contribution in [-0.4, -0.2) is 71.1 Å². The first kappa shape index (κ1) is 27.1. The summed E-state index contributed by atoms with van der Waals surface area (Å²) < 4.78 is 30.7. The van der Waals surface area contributed by atoms with Gasteiger partial charge < -0.3 is 15.0 Å². The van der Waals surface area contributed by atoms with E-state index in [1.807, 2.05) is 24.1 Å². The number of carbonyl (C=O) groups excluding carboxylic acids is 1. The van der Waals surface area contributed by atoms with Gasteiger partial charge >= 0.3 is 0 Å². The number of hydrogen-bond donors (Lipinski definition) is 2. The minimum atomic E-state index is -3.48. The van der Waals surface area contributed by atoms with Gasteiger partial charge in [0.05, 0.1) is 24.1 Å². The molecule has 206 valence electrons. The Morgan fingerprint density at radius 1 is 1.18 bits per heavy atom. The van der Waals surface area contributed by atoms with E-state index in [-0.39, 0.29) is 17.8 Å². The van der Waals surface area contributed by atoms with Crippen LogP contribution >= 0.6 is 11.6 Å². The van der Waals surface area contributed by atoms with E-state index in [1.165, 1.54) is 12.3 Å². The number of pyridine rings is 1. The Morgan fingerprint density at radius 3 is 2.74 bits per heavy atom. The molecule has 5 rings (SSSR count). The normalized spacial score (nSPS) is 19.4. The molecule has 13 heteroatoms. The molecule has 2 aliphatic heterocycles. The second-order valence-corrected chi connectivity index (χ2v) is 12.0. The summed E-state index contributed by atoms with van der Waals surface area (Å²) in [7, 11) is -1.91. The number of nitrogens with zero attached hydrogens (tertiary/aromatic N) is 5. The van der Waals surface area contributed by atoms with Crippen molar-refractivity contribution in [3.8, 4) is 5.75 Å². The van der Waals surface area contributed by atoms with Gasteiger partial charge in [0.25, 0.3) is 5.91 Å². The molecule has 4 heterocycles. The van der Waals surface area contributed by atoms with Crippen LogP contribution in [0.2, 0.25) is 5.02 Å². The zero-order valence-electron chi connectivity index (χ0n) is 21.9. The summed E-state index contributed by atoms with van der Waals surface area (Å²) in [6, 6.07) is 8.81. The fraction of sp³-hybridized carbons (Fsp3) is 0.385. The Hall–Kier alpha value is -3.48. The van der Waals surface area contributed by atoms with Crippen molar-refractivity contribution >= 4 is 45.0 Å². The molecule has 1 fully saturated rings. The zero-order chi connectivity index (χ0) is 27.7. The maximum atomic E-state index is 13.2. The van der Waals surface area contributed by atoms with Crippen molar-refractivity contribution in [1.29, 1.82) is 0 Å². The number of amides is 1. The average Bonchev–Trinajstić information content (AvgIpc) is 3.32. The van der Waals surface area contributed by atoms with E-state index in [9.17, 15) is 13.2 Å². The standard InChI is InChI=1S/C26H30ClN7O4S/c1-16-10-20(7-9-34(16)25(35)17-6-8-28-24(11-17)32-39(3,36)37)33-14-18-13-29-26(31-22(18)15-33)30-19-4-5-21(27)23(12-19)38-2/h4-6,8,11-13,16,20H,7,9-10,14-15H2,1-3H3,(H,28,32)(H,29,30,31)/t16-,20-/m1/s1. The SMILES string of the molecule is COc1cc(Nc2ncc3c(n2)CN([C@@H]2CCN(C(=O)c4ccnc(NS(C)(=O)=O)c4)[C@H](C)C2)C3)ccc1Cl. The summed E-state index contributed by atoms with van der Waals surface area (Å²) in [5.74, 6) is 1.08. The van der Waals surface area contributed by atoms with Gasteiger partial charge in [-0.3, -0.25) is 14.4 Å². The third kappa shape index (κ3) is 6.23. The van der Waals surface area contributed by atoms with Crippen LogP contribution in [0, 0.1) is 0 Å². The van der Waals surface area contributed by atoms with Crippen molar-refractivity contribution in [3.63, 3.8) is 0 Å². The van der Waals surface area contributed by atoms with Gasteiger partial charge in [-0.2, -0.15) is 0 Å². The van der Waals surface area contributed by atoms with Crippen LogP contribution in [0.3, 0.4) is 0 Å². The number of nitrogens with one attached hydrogen (secondary N) is 2. The lowest BCUT2D eigenvalue weighted by molar-refractivity contribution is 0.0460. The minimum absolute atomic E-state index is 0.0163. The number of likely N-dealkylation sites (tertiary alicyclic amines) is 1. The molecule has 2 atom stereocenters. The lowest BCUT2D eigenvalue weighted by atomic mass is 9.96. The van der Waals surface area contributed by atoms with Crippen molar-refractivity contribution in [2.24, 2.45) is 0 Å². The highest BCUT2D eigenvalue weighted by atomic mass is 35.5. The molecule has 2 aromatic heterocycles. The van der Waals surface area contributed by atoms with Gasteiger partial charge in [0.15, 0.2) is 0 Å². The summed E-state index contributed by atoms with van der Waals surface area (Å²) in [6.45, 7) is 4.13. The third-order valence-corrected chi connectivity index (χ3v) is 7.90. The number of aromatic nitrogens is 3. The Balaban J connectivity index is 1.21. The molecular weight excluding hydrogens is 542 g/mol. The molecule has 0 spiro atoms. The minimum Gasteiger partial charge on any atom is -0.495 e. The maximum Gasteiger partial charge on any atom is 0.254 e. The van der Waals surface area contributed by atoms with E-state index in [0.717, 1.165) is 42.6 Å². The van der Waals surface area contributed by atoms with E-state index >= 15 is 0 Å². The predicted molar refractivity (Wildman–Crippen MR) is 149 cm³/mol. The number of rotatable bonds is 7. The topological polar surface area (TPSA) is 130 Å². The largest absolute Gasteiger partial charge is 0.495 e. The number of hydrogen-bond acceptors (Lipinski definition) is 9. The van der Waals surface area contributed by atoms with Gasteiger partial charge in [0.1, 0.15) is 11.6 Å². The Morgan fingerprint density at radius 2 is 2.00 bits per heavy atom. The number of halogens is 1. The van der Waals surface area contributed by atoms with Gasteiger partial charge in [0, 0.05) is 67.0 Å². The quantitative estimate of drug-likeness (QED) is 0.436. The molecule has 2 N–H and O–H groups in total. The van der Waals surface area contributed by atoms with Gasteiger partial charge in [-0.25, -0.2) is 23.4 Å². The summed E-state index contributed by atoms with van der Waals surface area (Å²) in [5.41, 5.74) is 3.28. The summed E-state index contributed by atoms with van der Waals surface area (Å²) in [5, 5.41) is 3.75. The molecule has 0 saturated carbocycles. The van der Waals surface area contributed by atoms with E-state index in [1.54, 1.807) is 25.3 Å². The Bertz CT molecular complexity index is 1500. The molecule has 2 aliphatic rings. The zero-order valence-corrected chi connectivity index (χ0v) is 23.5. The molecule has 1 amide bonds. The highest BCUT2D eigenvalue weighted by Crippen LogP contribution is 2.32. The summed E-state index contributed by atoms with van der Waals surface area (Å²) in [6.07, 6.45) is 6.00. The van der Waals surface area contributed by atoms with E-state index in [2.05, 4.69) is 24.9 Å². The monoisotopic (exact) mass is 571 g/mol. The number of ether oxygens (including phenoxy) is 1. The number of methoxy groups -OCH3 is 1. The number of fused-ring (bicyclic) bond motifs is 1. The van der Waals surface area contributed by atoms with Crippen LogP contribution < -0.4 is 14.8 Å². The van der Waals surface area contributed by atoms with Crippen molar-refractivity contribution in [1.82, 2.24) is 24.8 Å². The maximum absolute atomic E-state index is 13.2. The molecule has 0 aliphatic carbocycles. The molecule has 0 radical (unpaired) electrons. The van der Waals surface area contributed by atoms with Crippen molar-refractivity contribution in [2.45, 2.75) is 44.9 Å². The Kier molecular flexibility index (Phi) is 7.61. The molecule has 1 saturated heterocycles. The second kappa shape index (κ2) is 10.9. The van der Waals surface area contributed by atoms with Gasteiger partial charge in [0.2, 0.25) is 16.0 Å². The fourth-order valence-electron chi connectivity index (χ4n) is 5.12. The smallest absolute Gasteiger partial charge is 0.254 e. The second-order valence-electron chi connectivity index (χ2n) is 9.87. The van der Waals surface area contributed by atoms with Crippen LogP contribution in [0.1, 0.15) is 41.4 Å². The van der Waals surface area contributed by atoms with Crippen molar-refractivity contribution in [3.05, 3.63) is 64.6 Å². The van der Waals surface area contributed by atoms with Gasteiger partial charge in [-0.15, -0.1) is 0 Å². The predicted octanol–water partition coefficient (Wildman–Crippen LogP) is 3.66. The van der Waals surface area contributed by atoms with Crippen molar-refractivity contribution < 1.29 is 17.9 Å². The first-order valence-corrected chi connectivity index (χ1v) is 14.8. The van der Waals surface area contributed by atoms with Crippen LogP contribution in [0.25, 0.3) is 0 Å². The summed E-state index contributed by atoms with van der Waals surface area (Å²) in [4.78, 5) is 30.7. The molecule has 39 heavy (non-hydrogen) atoms. The van der Waals surface area contributed by atoms with Crippen LogP contribution in [0.5, 0.6) is 5.75 Å². The molecular formula is C26H30ClN7O4S. The first-order chi connectivity index (χ1) is 18.6. The van der Waals surface area contributed by atoms with Gasteiger partial charge in [-0.1, -0.05) is 11.6 Å².